The van der Waals surface area contributed by atoms with Gasteiger partial charge < -0.3 is 25.1 Å². The first kappa shape index (κ1) is 18.9. The number of rotatable bonds is 2. The second-order valence-electron chi connectivity index (χ2n) is 6.82. The maximum Gasteiger partial charge on any atom is 0.420 e. The lowest BCUT2D eigenvalue weighted by molar-refractivity contribution is -0.137. The molecule has 0 saturated heterocycles. The number of hydrogen-bond donors (Lipinski definition) is 3. The smallest absolute Gasteiger partial charge is 0.420 e. The van der Waals surface area contributed by atoms with E-state index in [1.807, 2.05) is 0 Å². The summed E-state index contributed by atoms with van der Waals surface area (Å²) in [6.45, 7) is 1.57. The van der Waals surface area contributed by atoms with E-state index >= 15 is 0 Å². The quantitative estimate of drug-likeness (QED) is 0.447. The molecular formula is C19H17F3N4O3. The van der Waals surface area contributed by atoms with Gasteiger partial charge in [0.1, 0.15) is 17.4 Å². The minimum absolute atomic E-state index is 0.0643. The second kappa shape index (κ2) is 6.57. The zero-order chi connectivity index (χ0) is 20.9. The van der Waals surface area contributed by atoms with Gasteiger partial charge in [-0.1, -0.05) is 12.1 Å². The van der Waals surface area contributed by atoms with Gasteiger partial charge in [0, 0.05) is 24.0 Å². The summed E-state index contributed by atoms with van der Waals surface area (Å²) in [4.78, 5) is 21.3. The minimum atomic E-state index is -4.59. The highest BCUT2D eigenvalue weighted by Crippen LogP contribution is 2.40. The Morgan fingerprint density at radius 3 is 2.86 bits per heavy atom. The largest absolute Gasteiger partial charge is 0.502 e. The van der Waals surface area contributed by atoms with Crippen LogP contribution in [0, 0.1) is 0 Å². The molecule has 2 aromatic heterocycles. The van der Waals surface area contributed by atoms with E-state index < -0.39 is 29.4 Å². The van der Waals surface area contributed by atoms with Crippen LogP contribution in [0.2, 0.25) is 0 Å². The van der Waals surface area contributed by atoms with Gasteiger partial charge in [-0.15, -0.1) is 0 Å². The summed E-state index contributed by atoms with van der Waals surface area (Å²) in [6, 6.07) is 4.27. The van der Waals surface area contributed by atoms with Crippen molar-refractivity contribution < 1.29 is 27.5 Å². The van der Waals surface area contributed by atoms with Crippen molar-refractivity contribution in [2.24, 2.45) is 5.73 Å². The number of nitrogens with zero attached hydrogens (tertiary/aromatic N) is 2. The molecule has 0 radical (unpaired) electrons. The van der Waals surface area contributed by atoms with Crippen LogP contribution in [0.5, 0.6) is 0 Å². The molecule has 29 heavy (non-hydrogen) atoms. The van der Waals surface area contributed by atoms with Crippen molar-refractivity contribution >= 4 is 16.9 Å². The molecule has 0 bridgehead atoms. The zero-order valence-electron chi connectivity index (χ0n) is 15.2. The normalized spacial score (nSPS) is 17.9. The van der Waals surface area contributed by atoms with Crippen LogP contribution in [0.15, 0.2) is 46.5 Å². The number of imidazole rings is 1. The summed E-state index contributed by atoms with van der Waals surface area (Å²) in [6.07, 6.45) is -2.71. The fraction of sp³-hybridized carbons (Fsp3) is 0.263. The summed E-state index contributed by atoms with van der Waals surface area (Å²) < 4.78 is 45.7. The Morgan fingerprint density at radius 2 is 2.17 bits per heavy atom. The number of furan rings is 1. The Morgan fingerprint density at radius 1 is 1.41 bits per heavy atom. The van der Waals surface area contributed by atoms with E-state index in [0.29, 0.717) is 12.1 Å². The van der Waals surface area contributed by atoms with Gasteiger partial charge in [-0.3, -0.25) is 4.79 Å². The van der Waals surface area contributed by atoms with Crippen molar-refractivity contribution in [2.75, 3.05) is 6.54 Å². The van der Waals surface area contributed by atoms with E-state index in [1.165, 1.54) is 36.4 Å². The molecule has 1 aliphatic heterocycles. The first-order valence-corrected chi connectivity index (χ1v) is 8.76. The molecule has 7 nitrogen and oxygen atoms in total. The Balaban J connectivity index is 1.88. The van der Waals surface area contributed by atoms with E-state index in [9.17, 15) is 23.1 Å². The maximum absolute atomic E-state index is 13.4. The molecule has 10 heteroatoms. The zero-order valence-corrected chi connectivity index (χ0v) is 15.2. The molecule has 0 fully saturated rings. The summed E-state index contributed by atoms with van der Waals surface area (Å²) >= 11 is 0. The van der Waals surface area contributed by atoms with Gasteiger partial charge in [-0.2, -0.15) is 13.2 Å². The highest BCUT2D eigenvalue weighted by molar-refractivity contribution is 5.92. The SMILES string of the molecule is C/C(N)=C(/O)C(=O)N1CCc2[nH]cnc2[C@@H]1c1cc2cccc(C(F)(F)F)c2o1. The number of carbonyl (C=O) groups is 1. The van der Waals surface area contributed by atoms with Gasteiger partial charge >= 0.3 is 6.18 Å². The van der Waals surface area contributed by atoms with Gasteiger partial charge in [0.05, 0.1) is 23.3 Å². The van der Waals surface area contributed by atoms with Crippen LogP contribution in [0.1, 0.15) is 35.7 Å². The van der Waals surface area contributed by atoms with E-state index in [0.717, 1.165) is 11.8 Å². The lowest BCUT2D eigenvalue weighted by Gasteiger charge is -2.33. The highest BCUT2D eigenvalue weighted by atomic mass is 19.4. The molecule has 3 aromatic rings. The number of H-pyrrole nitrogens is 1. The summed E-state index contributed by atoms with van der Waals surface area (Å²) in [7, 11) is 0. The number of hydrogen-bond acceptors (Lipinski definition) is 5. The third-order valence-electron chi connectivity index (χ3n) is 4.90. The van der Waals surface area contributed by atoms with Crippen LogP contribution in [0.4, 0.5) is 13.2 Å². The molecular weight excluding hydrogens is 389 g/mol. The Hall–Kier alpha value is -3.43. The Bertz CT molecular complexity index is 1130. The number of carbonyl (C=O) groups excluding carboxylic acids is 1. The molecule has 0 saturated carbocycles. The minimum Gasteiger partial charge on any atom is -0.502 e. The number of aromatic amines is 1. The molecule has 0 unspecified atom stereocenters. The molecule has 4 rings (SSSR count). The summed E-state index contributed by atoms with van der Waals surface area (Å²) in [5, 5.41) is 10.3. The predicted molar refractivity (Wildman–Crippen MR) is 96.6 cm³/mol. The molecule has 152 valence electrons. The molecule has 1 aliphatic rings. The van der Waals surface area contributed by atoms with Gasteiger partial charge in [0.15, 0.2) is 5.76 Å². The summed E-state index contributed by atoms with van der Waals surface area (Å²) in [5.74, 6) is -1.26. The van der Waals surface area contributed by atoms with Crippen molar-refractivity contribution in [1.82, 2.24) is 14.9 Å². The first-order valence-electron chi connectivity index (χ1n) is 8.76. The van der Waals surface area contributed by atoms with E-state index in [-0.39, 0.29) is 29.0 Å². The number of aliphatic hydroxyl groups excluding tert-OH is 1. The van der Waals surface area contributed by atoms with Crippen LogP contribution < -0.4 is 5.73 Å². The number of amides is 1. The number of aromatic nitrogens is 2. The third kappa shape index (κ3) is 3.10. The number of halogens is 3. The number of fused-ring (bicyclic) bond motifs is 2. The molecule has 1 aromatic carbocycles. The van der Waals surface area contributed by atoms with Crippen molar-refractivity contribution in [1.29, 1.82) is 0 Å². The van der Waals surface area contributed by atoms with Crippen molar-refractivity contribution in [3.63, 3.8) is 0 Å². The average Bonchev–Trinajstić information content (AvgIpc) is 3.31. The van der Waals surface area contributed by atoms with E-state index in [1.54, 1.807) is 0 Å². The van der Waals surface area contributed by atoms with Crippen LogP contribution >= 0.6 is 0 Å². The number of benzene rings is 1. The van der Waals surface area contributed by atoms with Crippen LogP contribution in [-0.2, 0) is 17.4 Å². The number of aliphatic hydroxyl groups is 1. The van der Waals surface area contributed by atoms with Crippen LogP contribution in [0.25, 0.3) is 11.0 Å². The van der Waals surface area contributed by atoms with Gasteiger partial charge in [0.2, 0.25) is 0 Å². The highest BCUT2D eigenvalue weighted by Gasteiger charge is 2.39. The molecule has 3 heterocycles. The van der Waals surface area contributed by atoms with E-state index in [2.05, 4.69) is 9.97 Å². The lowest BCUT2D eigenvalue weighted by atomic mass is 9.99. The molecule has 4 N–H and O–H groups in total. The van der Waals surface area contributed by atoms with Gasteiger partial charge in [-0.25, -0.2) is 4.98 Å². The van der Waals surface area contributed by atoms with Crippen molar-refractivity contribution in [2.45, 2.75) is 25.6 Å². The number of alkyl halides is 3. The van der Waals surface area contributed by atoms with Crippen molar-refractivity contribution in [3.05, 3.63) is 64.8 Å². The standard InChI is InChI=1S/C19H17F3N4O3/c1-9(23)16(27)18(28)26-6-5-12-14(25-8-24-12)15(26)13-7-10-3-2-4-11(17(10)29-13)19(20,21)22/h2-4,7-8,15,27H,5-6,23H2,1H3,(H,24,25)/b16-9-/t15-/m0/s1. The number of allylic oxidation sites excluding steroid dienone is 1. The average molecular weight is 406 g/mol. The van der Waals surface area contributed by atoms with Gasteiger partial charge in [0.25, 0.3) is 5.91 Å². The predicted octanol–water partition coefficient (Wildman–Crippen LogP) is 3.40. The van der Waals surface area contributed by atoms with E-state index in [4.69, 9.17) is 10.2 Å². The monoisotopic (exact) mass is 406 g/mol. The molecule has 0 spiro atoms. The van der Waals surface area contributed by atoms with Crippen LogP contribution in [0.3, 0.4) is 0 Å². The van der Waals surface area contributed by atoms with Gasteiger partial charge in [-0.05, 0) is 19.1 Å². The van der Waals surface area contributed by atoms with Crippen LogP contribution in [-0.4, -0.2) is 32.4 Å². The van der Waals surface area contributed by atoms with Crippen molar-refractivity contribution in [3.8, 4) is 0 Å². The Kier molecular flexibility index (Phi) is 4.29. The number of nitrogens with one attached hydrogen (secondary N) is 1. The fourth-order valence-electron chi connectivity index (χ4n) is 3.53. The topological polar surface area (TPSA) is 108 Å². The number of para-hydroxylation sites is 1. The maximum atomic E-state index is 13.4. The third-order valence-corrected chi connectivity index (χ3v) is 4.90. The molecule has 1 amide bonds. The summed E-state index contributed by atoms with van der Waals surface area (Å²) in [5.41, 5.74) is 5.44. The first-order chi connectivity index (χ1) is 13.7. The Labute approximate surface area is 162 Å². The second-order valence-corrected chi connectivity index (χ2v) is 6.82. The molecule has 0 aliphatic carbocycles. The lowest BCUT2D eigenvalue weighted by Crippen LogP contribution is -2.41. The number of nitrogens with two attached hydrogens (primary N) is 1. The fourth-order valence-corrected chi connectivity index (χ4v) is 3.53. The molecule has 1 atom stereocenters.